The lowest BCUT2D eigenvalue weighted by Crippen LogP contribution is -2.23. The molecule has 1 aromatic rings. The minimum absolute atomic E-state index is 0.105. The molecule has 1 unspecified atom stereocenters. The molecule has 0 saturated heterocycles. The van der Waals surface area contributed by atoms with Crippen LogP contribution in [0.15, 0.2) is 18.2 Å². The van der Waals surface area contributed by atoms with Crippen LogP contribution in [0.25, 0.3) is 0 Å². The zero-order valence-corrected chi connectivity index (χ0v) is 10.6. The molecule has 18 heavy (non-hydrogen) atoms. The molecule has 0 radical (unpaired) electrons. The van der Waals surface area contributed by atoms with E-state index in [1.165, 1.54) is 12.1 Å². The van der Waals surface area contributed by atoms with Crippen molar-refractivity contribution < 1.29 is 14.7 Å². The van der Waals surface area contributed by atoms with Crippen LogP contribution >= 0.6 is 0 Å². The van der Waals surface area contributed by atoms with Crippen molar-refractivity contribution in [3.8, 4) is 0 Å². The number of amides is 1. The highest BCUT2D eigenvalue weighted by atomic mass is 16.4. The SMILES string of the molecule is Cc1cc(C(=O)O)ccc1NC(=O)C(C)CCN. The standard InChI is InChI=1S/C13H18N2O3/c1-8(5-6-14)12(16)15-11-4-3-10(13(17)18)7-9(11)2/h3-4,7-8H,5-6,14H2,1-2H3,(H,15,16)(H,17,18). The van der Waals surface area contributed by atoms with Crippen LogP contribution in [0, 0.1) is 12.8 Å². The van der Waals surface area contributed by atoms with Gasteiger partial charge < -0.3 is 16.2 Å². The predicted octanol–water partition coefficient (Wildman–Crippen LogP) is 1.62. The van der Waals surface area contributed by atoms with Crippen LogP contribution in [-0.2, 0) is 4.79 Å². The Bertz CT molecular complexity index is 458. The molecular weight excluding hydrogens is 232 g/mol. The number of aryl methyl sites for hydroxylation is 1. The van der Waals surface area contributed by atoms with Gasteiger partial charge in [0.2, 0.25) is 5.91 Å². The summed E-state index contributed by atoms with van der Waals surface area (Å²) in [5, 5.41) is 11.6. The second-order valence-electron chi connectivity index (χ2n) is 4.30. The summed E-state index contributed by atoms with van der Waals surface area (Å²) in [6.07, 6.45) is 0.623. The molecule has 0 aliphatic rings. The fourth-order valence-corrected chi connectivity index (χ4v) is 1.57. The van der Waals surface area contributed by atoms with E-state index >= 15 is 0 Å². The van der Waals surface area contributed by atoms with Crippen molar-refractivity contribution in [1.29, 1.82) is 0 Å². The Morgan fingerprint density at radius 2 is 2.11 bits per heavy atom. The Labute approximate surface area is 106 Å². The van der Waals surface area contributed by atoms with Gasteiger partial charge in [0.25, 0.3) is 0 Å². The summed E-state index contributed by atoms with van der Waals surface area (Å²) in [5.41, 5.74) is 6.97. The van der Waals surface area contributed by atoms with Crippen LogP contribution in [0.2, 0.25) is 0 Å². The first-order chi connectivity index (χ1) is 8.45. The number of anilines is 1. The van der Waals surface area contributed by atoms with Crippen molar-refractivity contribution in [2.45, 2.75) is 20.3 Å². The molecule has 0 fully saturated rings. The smallest absolute Gasteiger partial charge is 0.335 e. The highest BCUT2D eigenvalue weighted by Crippen LogP contribution is 2.18. The second-order valence-corrected chi connectivity index (χ2v) is 4.30. The molecule has 1 atom stereocenters. The van der Waals surface area contributed by atoms with Crippen LogP contribution in [0.1, 0.15) is 29.3 Å². The summed E-state index contributed by atoms with van der Waals surface area (Å²) in [7, 11) is 0. The highest BCUT2D eigenvalue weighted by Gasteiger charge is 2.13. The quantitative estimate of drug-likeness (QED) is 0.740. The minimum atomic E-state index is -0.979. The molecule has 98 valence electrons. The van der Waals surface area contributed by atoms with Crippen molar-refractivity contribution in [3.63, 3.8) is 0 Å². The first-order valence-corrected chi connectivity index (χ1v) is 5.80. The second kappa shape index (κ2) is 6.16. The van der Waals surface area contributed by atoms with Crippen LogP contribution in [0.3, 0.4) is 0 Å². The average molecular weight is 250 g/mol. The van der Waals surface area contributed by atoms with Crippen molar-refractivity contribution in [1.82, 2.24) is 0 Å². The first-order valence-electron chi connectivity index (χ1n) is 5.80. The largest absolute Gasteiger partial charge is 0.478 e. The summed E-state index contributed by atoms with van der Waals surface area (Å²) >= 11 is 0. The molecule has 5 nitrogen and oxygen atoms in total. The Hall–Kier alpha value is -1.88. The molecule has 0 spiro atoms. The van der Waals surface area contributed by atoms with Gasteiger partial charge >= 0.3 is 5.97 Å². The van der Waals surface area contributed by atoms with Crippen molar-refractivity contribution in [3.05, 3.63) is 29.3 Å². The zero-order valence-electron chi connectivity index (χ0n) is 10.6. The van der Waals surface area contributed by atoms with Crippen molar-refractivity contribution >= 4 is 17.6 Å². The number of carboxylic acids is 1. The number of hydrogen-bond acceptors (Lipinski definition) is 3. The summed E-state index contributed by atoms with van der Waals surface area (Å²) in [4.78, 5) is 22.6. The maximum atomic E-state index is 11.8. The summed E-state index contributed by atoms with van der Waals surface area (Å²) < 4.78 is 0. The van der Waals surface area contributed by atoms with Crippen LogP contribution in [-0.4, -0.2) is 23.5 Å². The third-order valence-corrected chi connectivity index (χ3v) is 2.78. The van der Waals surface area contributed by atoms with Crippen molar-refractivity contribution in [2.75, 3.05) is 11.9 Å². The Morgan fingerprint density at radius 1 is 1.44 bits per heavy atom. The normalized spacial score (nSPS) is 11.9. The van der Waals surface area contributed by atoms with Gasteiger partial charge in [-0.25, -0.2) is 4.79 Å². The maximum Gasteiger partial charge on any atom is 0.335 e. The Kier molecular flexibility index (Phi) is 4.85. The van der Waals surface area contributed by atoms with E-state index in [1.807, 2.05) is 6.92 Å². The van der Waals surface area contributed by atoms with E-state index in [9.17, 15) is 9.59 Å². The van der Waals surface area contributed by atoms with Gasteiger partial charge in [-0.3, -0.25) is 4.79 Å². The molecule has 0 aliphatic heterocycles. The topological polar surface area (TPSA) is 92.4 Å². The predicted molar refractivity (Wildman–Crippen MR) is 69.6 cm³/mol. The van der Waals surface area contributed by atoms with Gasteiger partial charge in [0, 0.05) is 11.6 Å². The number of nitrogens with two attached hydrogens (primary N) is 1. The number of carbonyl (C=O) groups excluding carboxylic acids is 1. The molecule has 0 saturated carbocycles. The summed E-state index contributed by atoms with van der Waals surface area (Å²) in [5.74, 6) is -1.24. The average Bonchev–Trinajstić information content (AvgIpc) is 2.31. The highest BCUT2D eigenvalue weighted by molar-refractivity contribution is 5.94. The lowest BCUT2D eigenvalue weighted by molar-refractivity contribution is -0.119. The number of hydrogen-bond donors (Lipinski definition) is 3. The minimum Gasteiger partial charge on any atom is -0.478 e. The lowest BCUT2D eigenvalue weighted by atomic mass is 10.1. The molecule has 1 aromatic carbocycles. The number of aromatic carboxylic acids is 1. The number of carbonyl (C=O) groups is 2. The Balaban J connectivity index is 2.79. The molecule has 1 amide bonds. The summed E-state index contributed by atoms with van der Waals surface area (Å²) in [6.45, 7) is 4.03. The van der Waals surface area contributed by atoms with E-state index in [2.05, 4.69) is 5.32 Å². The first kappa shape index (κ1) is 14.2. The molecule has 0 bridgehead atoms. The number of carboxylic acid groups (broad SMARTS) is 1. The lowest BCUT2D eigenvalue weighted by Gasteiger charge is -2.13. The number of rotatable bonds is 5. The summed E-state index contributed by atoms with van der Waals surface area (Å²) in [6, 6.07) is 4.61. The van der Waals surface area contributed by atoms with Gasteiger partial charge in [0.1, 0.15) is 0 Å². The van der Waals surface area contributed by atoms with Gasteiger partial charge in [0.05, 0.1) is 5.56 Å². The van der Waals surface area contributed by atoms with Gasteiger partial charge in [-0.1, -0.05) is 6.92 Å². The van der Waals surface area contributed by atoms with E-state index in [0.29, 0.717) is 18.7 Å². The van der Waals surface area contributed by atoms with Crippen LogP contribution < -0.4 is 11.1 Å². The van der Waals surface area contributed by atoms with Crippen molar-refractivity contribution in [2.24, 2.45) is 11.7 Å². The molecule has 5 heteroatoms. The third kappa shape index (κ3) is 3.56. The van der Waals surface area contributed by atoms with Gasteiger partial charge in [-0.15, -0.1) is 0 Å². The van der Waals surface area contributed by atoms with E-state index in [-0.39, 0.29) is 17.4 Å². The monoisotopic (exact) mass is 250 g/mol. The van der Waals surface area contributed by atoms with E-state index in [1.54, 1.807) is 13.0 Å². The number of nitrogens with one attached hydrogen (secondary N) is 1. The fraction of sp³-hybridized carbons (Fsp3) is 0.385. The van der Waals surface area contributed by atoms with Gasteiger partial charge in [-0.2, -0.15) is 0 Å². The van der Waals surface area contributed by atoms with E-state index in [0.717, 1.165) is 5.56 Å². The Morgan fingerprint density at radius 3 is 2.61 bits per heavy atom. The molecule has 1 rings (SSSR count). The van der Waals surface area contributed by atoms with Gasteiger partial charge in [-0.05, 0) is 43.7 Å². The maximum absolute atomic E-state index is 11.8. The molecule has 0 heterocycles. The molecule has 0 aliphatic carbocycles. The molecular formula is C13H18N2O3. The zero-order chi connectivity index (χ0) is 13.7. The van der Waals surface area contributed by atoms with Crippen LogP contribution in [0.5, 0.6) is 0 Å². The number of benzene rings is 1. The van der Waals surface area contributed by atoms with E-state index < -0.39 is 5.97 Å². The third-order valence-electron chi connectivity index (χ3n) is 2.78. The molecule has 4 N–H and O–H groups in total. The van der Waals surface area contributed by atoms with Crippen LogP contribution in [0.4, 0.5) is 5.69 Å². The van der Waals surface area contributed by atoms with E-state index in [4.69, 9.17) is 10.8 Å². The fourth-order valence-electron chi connectivity index (χ4n) is 1.57. The van der Waals surface area contributed by atoms with Gasteiger partial charge in [0.15, 0.2) is 0 Å². The molecule has 0 aromatic heterocycles.